The molecule has 8 aliphatic heterocycles. The summed E-state index contributed by atoms with van der Waals surface area (Å²) in [7, 11) is -20.9. The summed E-state index contributed by atoms with van der Waals surface area (Å²) in [5.74, 6) is -6.24. The highest BCUT2D eigenvalue weighted by molar-refractivity contribution is 7.92. The van der Waals surface area contributed by atoms with Crippen molar-refractivity contribution >= 4 is 142 Å². The van der Waals surface area contributed by atoms with Crippen molar-refractivity contribution in [1.29, 1.82) is 0 Å². The van der Waals surface area contributed by atoms with E-state index in [1.165, 1.54) is 28.1 Å². The minimum absolute atomic E-state index is 0.00284. The molecule has 832 valence electrons. The van der Waals surface area contributed by atoms with Crippen molar-refractivity contribution in [1.82, 2.24) is 0 Å². The van der Waals surface area contributed by atoms with Crippen molar-refractivity contribution in [3.63, 3.8) is 0 Å². The highest BCUT2D eigenvalue weighted by Gasteiger charge is 2.73. The van der Waals surface area contributed by atoms with Gasteiger partial charge in [0.25, 0.3) is 50.6 Å². The number of carbonyl (C=O) groups excluding carboxylic acids is 12. The smallest absolute Gasteiger partial charge is 0.344 e. The molecule has 44 nitrogen and oxygen atoms in total. The van der Waals surface area contributed by atoms with Crippen molar-refractivity contribution in [2.75, 3.05) is 45.2 Å². The lowest BCUT2D eigenvalue weighted by Crippen LogP contribution is -2.43. The van der Waals surface area contributed by atoms with Crippen LogP contribution in [0.3, 0.4) is 0 Å². The normalized spacial score (nSPS) is 39.7. The molecule has 0 spiro atoms. The fourth-order valence-electron chi connectivity index (χ4n) is 27.0. The van der Waals surface area contributed by atoms with Crippen LogP contribution < -0.4 is 0 Å². The number of rotatable bonds is 26. The van der Waals surface area contributed by atoms with Crippen molar-refractivity contribution in [2.45, 2.75) is 288 Å². The summed E-state index contributed by atoms with van der Waals surface area (Å²) in [6.07, 6.45) is 6.03. The molecule has 22 fully saturated rings. The van der Waals surface area contributed by atoms with Crippen LogP contribution in [0.15, 0.2) is 97.2 Å². The number of carbonyl (C=O) groups is 12. The first-order chi connectivity index (χ1) is 69.8. The second-order valence-corrected chi connectivity index (χ2v) is 57.2. The van der Waals surface area contributed by atoms with E-state index in [2.05, 4.69) is 56.8 Å². The Morgan fingerprint density at radius 2 is 0.787 bits per heavy atom. The van der Waals surface area contributed by atoms with Crippen LogP contribution >= 0.6 is 0 Å². The van der Waals surface area contributed by atoms with Gasteiger partial charge in [0.15, 0.2) is 26.3 Å². The average molecular weight is 2250 g/mol. The monoisotopic (exact) mass is 2250 g/mol. The van der Waals surface area contributed by atoms with Gasteiger partial charge in [-0.15, -0.1) is 0 Å². The van der Waals surface area contributed by atoms with Crippen molar-refractivity contribution in [3.05, 3.63) is 97.2 Å². The molecule has 14 saturated carbocycles. The van der Waals surface area contributed by atoms with Crippen LogP contribution in [0.2, 0.25) is 0 Å². The molecule has 0 amide bonds. The van der Waals surface area contributed by atoms with Crippen LogP contribution in [0, 0.1) is 107 Å². The predicted molar refractivity (Wildman–Crippen MR) is 519 cm³/mol. The first kappa shape index (κ1) is 115. The maximum absolute atomic E-state index is 12.0. The fraction of sp³-hybridized carbons (Fsp3) is 0.717. The Hall–Kier alpha value is -9.03. The van der Waals surface area contributed by atoms with E-state index in [1.807, 2.05) is 0 Å². The van der Waals surface area contributed by atoms with Crippen molar-refractivity contribution in [3.8, 4) is 0 Å². The molecule has 0 aromatic carbocycles. The molecule has 22 aliphatic rings. The molecule has 22 rings (SSSR count). The SMILES string of the molecule is C=C(C)C(=O)OC1C2CC3C(O2)C1CS3(=O)=O.C=C(C)C(=O)OC1C2CC3C1CS(=O)(=O)C3C2.C=C(C)C(=O)OC1C2CC3C1OS(=O)(=O)C3C2.C=C(C)C(=O)OC1C2CC3OS(=O)(=O)C1C3C2.C=C(C)C(=O)OC1CC2CC1CC2OS(C)(=O)=O.C=C(C)C(=O)OC1CC2CC1CC2S(=O)(=O)OC.C=C(C)C(=O)OCC(=O)OC1C2CC3C1OS(=O)(=O)C3C2.C=C(C)C(=O)OCCC(=O)OC1C2CC3C1OC(=O)C3C2C(=O)OC. The van der Waals surface area contributed by atoms with Crippen LogP contribution in [0.5, 0.6) is 0 Å². The van der Waals surface area contributed by atoms with E-state index in [4.69, 9.17) is 78.3 Å². The van der Waals surface area contributed by atoms with Crippen LogP contribution in [-0.4, -0.2) is 299 Å². The molecule has 0 radical (unpaired) electrons. The minimum atomic E-state index is -3.56. The molecule has 0 aromatic rings. The molecule has 8 saturated heterocycles. The van der Waals surface area contributed by atoms with E-state index in [1.54, 1.807) is 41.5 Å². The molecule has 150 heavy (non-hydrogen) atoms. The highest BCUT2D eigenvalue weighted by Crippen LogP contribution is 2.63. The van der Waals surface area contributed by atoms with Crippen molar-refractivity contribution in [2.24, 2.45) is 107 Å². The first-order valence-corrected chi connectivity index (χ1v) is 61.0. The van der Waals surface area contributed by atoms with Crippen LogP contribution in [0.4, 0.5) is 0 Å². The Labute approximate surface area is 871 Å². The Kier molecular flexibility index (Phi) is 33.4. The van der Waals surface area contributed by atoms with Gasteiger partial charge in [-0.2, -0.15) is 42.1 Å². The van der Waals surface area contributed by atoms with Crippen LogP contribution in [0.1, 0.15) is 165 Å². The van der Waals surface area contributed by atoms with E-state index in [9.17, 15) is 116 Å². The minimum Gasteiger partial charge on any atom is -0.469 e. The van der Waals surface area contributed by atoms with Gasteiger partial charge in [0.1, 0.15) is 79.0 Å². The molecule has 39 atom stereocenters. The van der Waals surface area contributed by atoms with Gasteiger partial charge in [-0.3, -0.25) is 35.3 Å². The summed E-state index contributed by atoms with van der Waals surface area (Å²) in [4.78, 5) is 139. The van der Waals surface area contributed by atoms with Gasteiger partial charge in [0.2, 0.25) is 0 Å². The van der Waals surface area contributed by atoms with Crippen molar-refractivity contribution < 1.29 is 199 Å². The zero-order valence-corrected chi connectivity index (χ0v) is 90.6. The Bertz CT molecular complexity index is 6220. The molecule has 0 aromatic heterocycles. The van der Waals surface area contributed by atoms with Gasteiger partial charge in [-0.25, -0.2) is 60.0 Å². The van der Waals surface area contributed by atoms with E-state index in [0.717, 1.165) is 38.4 Å². The van der Waals surface area contributed by atoms with Gasteiger partial charge in [0, 0.05) is 104 Å². The third-order valence-corrected chi connectivity index (χ3v) is 45.7. The van der Waals surface area contributed by atoms with E-state index in [-0.39, 0.29) is 201 Å². The van der Waals surface area contributed by atoms with Gasteiger partial charge < -0.3 is 61.6 Å². The number of methoxy groups -OCH3 is 1. The molecule has 16 bridgehead atoms. The Morgan fingerprint density at radius 1 is 0.353 bits per heavy atom. The van der Waals surface area contributed by atoms with Crippen LogP contribution in [0.25, 0.3) is 0 Å². The maximum atomic E-state index is 12.0. The van der Waals surface area contributed by atoms with E-state index in [0.29, 0.717) is 104 Å². The lowest BCUT2D eigenvalue weighted by atomic mass is 9.78. The number of esters is 12. The lowest BCUT2D eigenvalue weighted by Gasteiger charge is -2.29. The topological polar surface area (TPSA) is 610 Å². The van der Waals surface area contributed by atoms with Crippen LogP contribution in [-0.2, 0) is 210 Å². The maximum Gasteiger partial charge on any atom is 0.344 e. The summed E-state index contributed by atoms with van der Waals surface area (Å²) in [5.41, 5.74) is 2.52. The number of hydrogen-bond acceptors (Lipinski definition) is 44. The van der Waals surface area contributed by atoms with Gasteiger partial charge in [0.05, 0.1) is 101 Å². The fourth-order valence-corrected chi connectivity index (χ4v) is 39.9. The third-order valence-electron chi connectivity index (χ3n) is 33.4. The van der Waals surface area contributed by atoms with Gasteiger partial charge in [-0.1, -0.05) is 52.6 Å². The second kappa shape index (κ2) is 43.6. The number of fused-ring (bicyclic) bond motifs is 10. The quantitative estimate of drug-likeness (QED) is 0.0462. The summed E-state index contributed by atoms with van der Waals surface area (Å²) < 4.78 is 256. The predicted octanol–water partition coefficient (Wildman–Crippen LogP) is 5.25. The van der Waals surface area contributed by atoms with Gasteiger partial charge >= 0.3 is 71.6 Å². The summed E-state index contributed by atoms with van der Waals surface area (Å²) in [5, 5.41) is -2.46. The summed E-state index contributed by atoms with van der Waals surface area (Å²) in [6.45, 7) is 39.9. The molecule has 8 heterocycles. The summed E-state index contributed by atoms with van der Waals surface area (Å²) >= 11 is 0. The zero-order valence-electron chi connectivity index (χ0n) is 84.8. The highest BCUT2D eigenvalue weighted by atomic mass is 32.2. The Balaban J connectivity index is 0.000000128. The largest absolute Gasteiger partial charge is 0.469 e. The average Bonchev–Trinajstić information content (AvgIpc) is 1.61. The summed E-state index contributed by atoms with van der Waals surface area (Å²) in [6, 6.07) is 0. The molecule has 39 unspecified atom stereocenters. The zero-order chi connectivity index (χ0) is 110. The molecule has 14 aliphatic carbocycles. The molecule has 51 heteroatoms. The Morgan fingerprint density at radius 3 is 1.29 bits per heavy atom. The standard InChI is InChI=1S/C17H20O8.C13H16O7S.2C12H18O5S.C12H16O4S.3C11H14O5S/c1-7(2)15(19)23-5-4-10(18)24-13-8-6-9-12(11(8)16(20)22-3)17(21)25-14(9)13;1-6(2)13(15)18-5-10(14)19-11-7-3-8-9(4-7)21(16,17)20-12(8)11;1-7(2)12(13)16-10-5-9-4-8(10)6-11(9)17-18(3,14)15;1-7(2)12(13)17-10-5-9-4-8(10)6-11(9)18(14,15)16-3;1-6(2)12(13)16-11-7-3-8-9(11)5-17(14,15)10(8)4-7;1-5(2)11(12)16-9-6-4-17(13,14)8-3-7(9)15-10(6)8;1-5(2)11(12)15-9-6-3-7-8(4-6)17(13,14)16-10(7)9;1-5(2)11(12)15-9-6-3-7-8(4-6)16-17(13,14)10(7)9/h8-9,11-14H,1,4-6H2,2-3H3;7-9,11-12H,1,3-5H2,2H3;2*8-11H,1,4-6H2,2-3H3;7-11H,1,3-5H2,2H3;3*6-10H,1,3-4H2,2H3. The number of hydrogen-bond donors (Lipinski definition) is 0. The second-order valence-electron chi connectivity index (χ2n) is 43.8. The molecular weight excluding hydrogens is 2120 g/mol. The third kappa shape index (κ3) is 23.3. The molecular formula is C99H130O44S7. The van der Waals surface area contributed by atoms with Gasteiger partial charge in [-0.05, 0) is 194 Å². The first-order valence-electron chi connectivity index (χ1n) is 49.9. The van der Waals surface area contributed by atoms with E-state index < -0.39 is 213 Å². The number of sulfone groups is 2. The van der Waals surface area contributed by atoms with E-state index >= 15 is 0 Å². The number of ether oxygens (including phenoxy) is 13. The lowest BCUT2D eigenvalue weighted by molar-refractivity contribution is -0.166. The molecule has 0 N–H and O–H groups in total.